The summed E-state index contributed by atoms with van der Waals surface area (Å²) in [6, 6.07) is 0.576. The molecule has 0 aliphatic carbocycles. The summed E-state index contributed by atoms with van der Waals surface area (Å²) in [6.07, 6.45) is 0. The number of nitrogens with zero attached hydrogens (tertiary/aromatic N) is 3. The second-order valence-electron chi connectivity index (χ2n) is 5.87. The SMILES string of the molecule is CN(c1nnc(C(C)(C)C)o1)C(C)(C)C. The molecule has 1 heterocycles. The minimum atomic E-state index is -0.0933. The molecule has 0 unspecified atom stereocenters. The molecule has 0 amide bonds. The largest absolute Gasteiger partial charge is 0.407 e. The second-order valence-corrected chi connectivity index (χ2v) is 5.87. The summed E-state index contributed by atoms with van der Waals surface area (Å²) in [5.74, 6) is 0.675. The maximum Gasteiger partial charge on any atom is 0.318 e. The van der Waals surface area contributed by atoms with Gasteiger partial charge in [0.15, 0.2) is 0 Å². The molecule has 4 heteroatoms. The Kier molecular flexibility index (Phi) is 2.81. The van der Waals surface area contributed by atoms with Crippen molar-refractivity contribution in [1.82, 2.24) is 10.2 Å². The predicted octanol–water partition coefficient (Wildman–Crippen LogP) is 2.60. The zero-order chi connectivity index (χ0) is 11.9. The first-order valence-electron chi connectivity index (χ1n) is 5.20. The maximum absolute atomic E-state index is 5.64. The fourth-order valence-corrected chi connectivity index (χ4v) is 0.941. The first-order valence-corrected chi connectivity index (χ1v) is 5.20. The number of hydrogen-bond acceptors (Lipinski definition) is 4. The van der Waals surface area contributed by atoms with Crippen molar-refractivity contribution in [3.63, 3.8) is 0 Å². The van der Waals surface area contributed by atoms with E-state index >= 15 is 0 Å². The summed E-state index contributed by atoms with van der Waals surface area (Å²) in [5, 5.41) is 8.12. The molecule has 86 valence electrons. The van der Waals surface area contributed by atoms with Gasteiger partial charge in [0.05, 0.1) is 0 Å². The topological polar surface area (TPSA) is 42.2 Å². The van der Waals surface area contributed by atoms with Crippen molar-refractivity contribution in [2.24, 2.45) is 0 Å². The third-order valence-corrected chi connectivity index (χ3v) is 2.35. The molecule has 0 aliphatic rings. The molecule has 0 radical (unpaired) electrons. The van der Waals surface area contributed by atoms with E-state index in [0.29, 0.717) is 11.9 Å². The van der Waals surface area contributed by atoms with Crippen molar-refractivity contribution in [2.75, 3.05) is 11.9 Å². The molecule has 0 N–H and O–H groups in total. The Balaban J connectivity index is 2.95. The van der Waals surface area contributed by atoms with Crippen LogP contribution in [0.4, 0.5) is 6.01 Å². The van der Waals surface area contributed by atoms with Gasteiger partial charge in [0.1, 0.15) is 0 Å². The van der Waals surface area contributed by atoms with Gasteiger partial charge in [-0.1, -0.05) is 25.9 Å². The van der Waals surface area contributed by atoms with Gasteiger partial charge in [-0.25, -0.2) is 0 Å². The quantitative estimate of drug-likeness (QED) is 0.716. The zero-order valence-electron chi connectivity index (χ0n) is 10.7. The van der Waals surface area contributed by atoms with Crippen LogP contribution in [0.3, 0.4) is 0 Å². The highest BCUT2D eigenvalue weighted by Gasteiger charge is 2.26. The smallest absolute Gasteiger partial charge is 0.318 e. The van der Waals surface area contributed by atoms with Gasteiger partial charge in [-0.3, -0.25) is 0 Å². The van der Waals surface area contributed by atoms with Gasteiger partial charge < -0.3 is 9.32 Å². The van der Waals surface area contributed by atoms with Crippen LogP contribution in [0.15, 0.2) is 4.42 Å². The fraction of sp³-hybridized carbons (Fsp3) is 0.818. The summed E-state index contributed by atoms with van der Waals surface area (Å²) < 4.78 is 5.64. The summed E-state index contributed by atoms with van der Waals surface area (Å²) in [6.45, 7) is 12.5. The molecule has 0 aliphatic heterocycles. The van der Waals surface area contributed by atoms with Crippen molar-refractivity contribution in [3.8, 4) is 0 Å². The number of anilines is 1. The van der Waals surface area contributed by atoms with E-state index in [-0.39, 0.29) is 11.0 Å². The van der Waals surface area contributed by atoms with E-state index in [4.69, 9.17) is 4.42 Å². The van der Waals surface area contributed by atoms with Crippen molar-refractivity contribution in [2.45, 2.75) is 52.5 Å². The fourth-order valence-electron chi connectivity index (χ4n) is 0.941. The lowest BCUT2D eigenvalue weighted by Gasteiger charge is -2.29. The molecule has 0 spiro atoms. The molecule has 1 rings (SSSR count). The molecule has 0 aromatic carbocycles. The van der Waals surface area contributed by atoms with Crippen LogP contribution in [0.5, 0.6) is 0 Å². The van der Waals surface area contributed by atoms with Gasteiger partial charge in [0.25, 0.3) is 0 Å². The Morgan fingerprint density at radius 3 is 1.87 bits per heavy atom. The van der Waals surface area contributed by atoms with Crippen LogP contribution in [0.1, 0.15) is 47.4 Å². The highest BCUT2D eigenvalue weighted by molar-refractivity contribution is 5.27. The Morgan fingerprint density at radius 2 is 1.53 bits per heavy atom. The van der Waals surface area contributed by atoms with Crippen molar-refractivity contribution >= 4 is 6.01 Å². The molecule has 1 aromatic heterocycles. The average Bonchev–Trinajstić information content (AvgIpc) is 2.47. The van der Waals surface area contributed by atoms with E-state index in [1.807, 2.05) is 11.9 Å². The number of rotatable bonds is 1. The maximum atomic E-state index is 5.64. The molecule has 0 saturated carbocycles. The average molecular weight is 211 g/mol. The third-order valence-electron chi connectivity index (χ3n) is 2.35. The standard InChI is InChI=1S/C11H21N3O/c1-10(2,3)8-12-13-9(15-8)14(7)11(4,5)6/h1-7H3. The van der Waals surface area contributed by atoms with Crippen LogP contribution in [0, 0.1) is 0 Å². The summed E-state index contributed by atoms with van der Waals surface area (Å²) in [7, 11) is 1.96. The van der Waals surface area contributed by atoms with Gasteiger partial charge in [-0.2, -0.15) is 0 Å². The lowest BCUT2D eigenvalue weighted by Crippen LogP contribution is -2.38. The Morgan fingerprint density at radius 1 is 1.00 bits per heavy atom. The van der Waals surface area contributed by atoms with E-state index in [2.05, 4.69) is 51.7 Å². The summed E-state index contributed by atoms with van der Waals surface area (Å²) >= 11 is 0. The molecular formula is C11H21N3O. The molecule has 0 bridgehead atoms. The van der Waals surface area contributed by atoms with Gasteiger partial charge >= 0.3 is 6.01 Å². The van der Waals surface area contributed by atoms with Gasteiger partial charge in [0.2, 0.25) is 5.89 Å². The molecule has 15 heavy (non-hydrogen) atoms. The molecule has 0 atom stereocenters. The second kappa shape index (κ2) is 3.51. The minimum Gasteiger partial charge on any atom is -0.407 e. The lowest BCUT2D eigenvalue weighted by atomic mass is 9.97. The normalized spacial score (nSPS) is 13.0. The summed E-state index contributed by atoms with van der Waals surface area (Å²) in [4.78, 5) is 1.98. The number of aromatic nitrogens is 2. The molecule has 1 aromatic rings. The van der Waals surface area contributed by atoms with Crippen LogP contribution in [0.2, 0.25) is 0 Å². The Labute approximate surface area is 91.7 Å². The van der Waals surface area contributed by atoms with Gasteiger partial charge in [0, 0.05) is 18.0 Å². The molecule has 0 saturated heterocycles. The third kappa shape index (κ3) is 2.70. The van der Waals surface area contributed by atoms with Gasteiger partial charge in [-0.15, -0.1) is 5.10 Å². The van der Waals surface area contributed by atoms with Crippen molar-refractivity contribution in [1.29, 1.82) is 0 Å². The van der Waals surface area contributed by atoms with Gasteiger partial charge in [-0.05, 0) is 20.8 Å². The monoisotopic (exact) mass is 211 g/mol. The van der Waals surface area contributed by atoms with E-state index < -0.39 is 0 Å². The van der Waals surface area contributed by atoms with Crippen molar-refractivity contribution < 1.29 is 4.42 Å². The summed E-state index contributed by atoms with van der Waals surface area (Å²) in [5.41, 5.74) is -0.105. The Bertz CT molecular complexity index is 330. The van der Waals surface area contributed by atoms with Crippen LogP contribution < -0.4 is 4.90 Å². The van der Waals surface area contributed by atoms with E-state index in [1.165, 1.54) is 0 Å². The van der Waals surface area contributed by atoms with E-state index in [9.17, 15) is 0 Å². The highest BCUT2D eigenvalue weighted by atomic mass is 16.4. The van der Waals surface area contributed by atoms with Crippen LogP contribution in [-0.4, -0.2) is 22.8 Å². The zero-order valence-corrected chi connectivity index (χ0v) is 10.7. The highest BCUT2D eigenvalue weighted by Crippen LogP contribution is 2.26. The first kappa shape index (κ1) is 12.0. The number of hydrogen-bond donors (Lipinski definition) is 0. The molecular weight excluding hydrogens is 190 g/mol. The minimum absolute atomic E-state index is 0.0122. The van der Waals surface area contributed by atoms with Crippen LogP contribution >= 0.6 is 0 Å². The van der Waals surface area contributed by atoms with E-state index in [0.717, 1.165) is 0 Å². The first-order chi connectivity index (χ1) is 6.62. The predicted molar refractivity (Wildman–Crippen MR) is 61.2 cm³/mol. The van der Waals surface area contributed by atoms with Crippen LogP contribution in [0.25, 0.3) is 0 Å². The lowest BCUT2D eigenvalue weighted by molar-refractivity contribution is 0.379. The molecule has 4 nitrogen and oxygen atoms in total. The van der Waals surface area contributed by atoms with E-state index in [1.54, 1.807) is 0 Å². The van der Waals surface area contributed by atoms with Crippen molar-refractivity contribution in [3.05, 3.63) is 5.89 Å². The van der Waals surface area contributed by atoms with Crippen LogP contribution in [-0.2, 0) is 5.41 Å². The Hall–Kier alpha value is -1.06. The molecule has 0 fully saturated rings.